The highest BCUT2D eigenvalue weighted by Crippen LogP contribution is 2.35. The van der Waals surface area contributed by atoms with Gasteiger partial charge in [0.1, 0.15) is 0 Å². The minimum absolute atomic E-state index is 0.212. The van der Waals surface area contributed by atoms with Crippen molar-refractivity contribution in [2.24, 2.45) is 11.3 Å². The van der Waals surface area contributed by atoms with Gasteiger partial charge in [-0.3, -0.25) is 0 Å². The van der Waals surface area contributed by atoms with Crippen LogP contribution in [0.5, 0.6) is 0 Å². The van der Waals surface area contributed by atoms with Crippen LogP contribution in [0.2, 0.25) is 0 Å². The van der Waals surface area contributed by atoms with Crippen molar-refractivity contribution >= 4 is 0 Å². The topological polar surface area (TPSA) is 20.2 Å². The molecule has 0 saturated heterocycles. The molecule has 0 radical (unpaired) electrons. The summed E-state index contributed by atoms with van der Waals surface area (Å²) >= 11 is 0. The second-order valence-corrected chi connectivity index (χ2v) is 4.71. The Labute approximate surface area is 83.5 Å². The van der Waals surface area contributed by atoms with E-state index in [2.05, 4.69) is 27.7 Å². The third-order valence-electron chi connectivity index (χ3n) is 2.99. The van der Waals surface area contributed by atoms with Crippen molar-refractivity contribution in [2.45, 2.75) is 59.8 Å². The minimum Gasteiger partial charge on any atom is -0.396 e. The second kappa shape index (κ2) is 6.42. The lowest BCUT2D eigenvalue weighted by atomic mass is 9.75. The number of hydrogen-bond acceptors (Lipinski definition) is 1. The predicted octanol–water partition coefficient (Wildman–Crippen LogP) is 3.61. The van der Waals surface area contributed by atoms with Crippen molar-refractivity contribution in [1.82, 2.24) is 0 Å². The van der Waals surface area contributed by atoms with E-state index in [1.165, 1.54) is 25.7 Å². The monoisotopic (exact) mass is 186 g/mol. The molecule has 0 aliphatic carbocycles. The van der Waals surface area contributed by atoms with E-state index in [0.29, 0.717) is 12.5 Å². The number of aliphatic hydroxyl groups excluding tert-OH is 1. The van der Waals surface area contributed by atoms with Crippen LogP contribution in [0.25, 0.3) is 0 Å². The molecule has 13 heavy (non-hydrogen) atoms. The summed E-state index contributed by atoms with van der Waals surface area (Å²) in [6.07, 6.45) is 5.96. The summed E-state index contributed by atoms with van der Waals surface area (Å²) in [5.74, 6) is 0.698. The van der Waals surface area contributed by atoms with Gasteiger partial charge in [0.15, 0.2) is 0 Å². The molecule has 0 heterocycles. The van der Waals surface area contributed by atoms with Crippen molar-refractivity contribution < 1.29 is 5.11 Å². The van der Waals surface area contributed by atoms with Crippen LogP contribution < -0.4 is 0 Å². The molecule has 0 spiro atoms. The van der Waals surface area contributed by atoms with Gasteiger partial charge in [-0.25, -0.2) is 0 Å². The highest BCUT2D eigenvalue weighted by molar-refractivity contribution is 4.78. The molecule has 0 amide bonds. The molecule has 0 aromatic rings. The number of rotatable bonds is 7. The Bertz CT molecular complexity index is 114. The zero-order valence-corrected chi connectivity index (χ0v) is 9.77. The Morgan fingerprint density at radius 3 is 2.15 bits per heavy atom. The van der Waals surface area contributed by atoms with E-state index >= 15 is 0 Å². The van der Waals surface area contributed by atoms with E-state index < -0.39 is 0 Å². The number of hydrogen-bond donors (Lipinski definition) is 1. The standard InChI is InChI=1S/C12H26O/c1-5-7-8-12(6-2,10-13)9-11(3)4/h11,13H,5-10H2,1-4H3. The van der Waals surface area contributed by atoms with E-state index in [1.807, 2.05) is 0 Å². The van der Waals surface area contributed by atoms with Crippen LogP contribution in [0.1, 0.15) is 59.8 Å². The van der Waals surface area contributed by atoms with Gasteiger partial charge in [-0.2, -0.15) is 0 Å². The number of aliphatic hydroxyl groups is 1. The summed E-state index contributed by atoms with van der Waals surface area (Å²) in [7, 11) is 0. The Hall–Kier alpha value is -0.0400. The molecule has 0 rings (SSSR count). The van der Waals surface area contributed by atoms with Crippen molar-refractivity contribution in [3.05, 3.63) is 0 Å². The van der Waals surface area contributed by atoms with Gasteiger partial charge in [0.2, 0.25) is 0 Å². The van der Waals surface area contributed by atoms with Crippen LogP contribution in [0.4, 0.5) is 0 Å². The van der Waals surface area contributed by atoms with Crippen LogP contribution >= 0.6 is 0 Å². The largest absolute Gasteiger partial charge is 0.396 e. The molecule has 80 valence electrons. The van der Waals surface area contributed by atoms with Gasteiger partial charge in [-0.1, -0.05) is 40.5 Å². The summed E-state index contributed by atoms with van der Waals surface area (Å²) in [4.78, 5) is 0. The molecule has 0 bridgehead atoms. The molecular weight excluding hydrogens is 160 g/mol. The van der Waals surface area contributed by atoms with Crippen molar-refractivity contribution in [2.75, 3.05) is 6.61 Å². The van der Waals surface area contributed by atoms with E-state index in [0.717, 1.165) is 6.42 Å². The Kier molecular flexibility index (Phi) is 6.40. The molecule has 0 aromatic heterocycles. The molecule has 1 heteroatoms. The van der Waals surface area contributed by atoms with Crippen LogP contribution in [0.3, 0.4) is 0 Å². The Morgan fingerprint density at radius 2 is 1.85 bits per heavy atom. The van der Waals surface area contributed by atoms with E-state index in [4.69, 9.17) is 0 Å². The normalized spacial score (nSPS) is 16.2. The molecule has 1 nitrogen and oxygen atoms in total. The first-order valence-electron chi connectivity index (χ1n) is 5.71. The summed E-state index contributed by atoms with van der Waals surface area (Å²) in [6, 6.07) is 0. The zero-order valence-electron chi connectivity index (χ0n) is 9.77. The van der Waals surface area contributed by atoms with Gasteiger partial charge in [-0.15, -0.1) is 0 Å². The molecule has 0 aliphatic rings. The van der Waals surface area contributed by atoms with Crippen LogP contribution in [-0.4, -0.2) is 11.7 Å². The SMILES string of the molecule is CCCCC(CC)(CO)CC(C)C. The molecule has 0 aromatic carbocycles. The molecule has 1 N–H and O–H groups in total. The first kappa shape index (κ1) is 13.0. The fraction of sp³-hybridized carbons (Fsp3) is 1.00. The quantitative estimate of drug-likeness (QED) is 0.644. The average molecular weight is 186 g/mol. The number of unbranched alkanes of at least 4 members (excludes halogenated alkanes) is 1. The van der Waals surface area contributed by atoms with E-state index in [9.17, 15) is 5.11 Å². The maximum Gasteiger partial charge on any atom is 0.0487 e. The molecule has 0 fully saturated rings. The first-order chi connectivity index (χ1) is 6.10. The smallest absolute Gasteiger partial charge is 0.0487 e. The van der Waals surface area contributed by atoms with Crippen LogP contribution in [-0.2, 0) is 0 Å². The highest BCUT2D eigenvalue weighted by Gasteiger charge is 2.27. The van der Waals surface area contributed by atoms with E-state index in [1.54, 1.807) is 0 Å². The minimum atomic E-state index is 0.212. The van der Waals surface area contributed by atoms with Crippen molar-refractivity contribution in [1.29, 1.82) is 0 Å². The summed E-state index contributed by atoms with van der Waals surface area (Å²) in [6.45, 7) is 9.27. The Morgan fingerprint density at radius 1 is 1.23 bits per heavy atom. The lowest BCUT2D eigenvalue weighted by Crippen LogP contribution is -2.26. The predicted molar refractivity (Wildman–Crippen MR) is 58.8 cm³/mol. The van der Waals surface area contributed by atoms with Gasteiger partial charge < -0.3 is 5.11 Å². The Balaban J connectivity index is 4.13. The molecule has 0 aliphatic heterocycles. The van der Waals surface area contributed by atoms with Gasteiger partial charge in [-0.05, 0) is 30.6 Å². The zero-order chi connectivity index (χ0) is 10.3. The van der Waals surface area contributed by atoms with Crippen molar-refractivity contribution in [3.8, 4) is 0 Å². The van der Waals surface area contributed by atoms with Gasteiger partial charge >= 0.3 is 0 Å². The summed E-state index contributed by atoms with van der Waals surface area (Å²) in [5, 5.41) is 9.45. The fourth-order valence-electron chi connectivity index (χ4n) is 2.10. The third kappa shape index (κ3) is 4.66. The lowest BCUT2D eigenvalue weighted by Gasteiger charge is -2.32. The van der Waals surface area contributed by atoms with Gasteiger partial charge in [0.25, 0.3) is 0 Å². The first-order valence-corrected chi connectivity index (χ1v) is 5.71. The fourth-order valence-corrected chi connectivity index (χ4v) is 2.10. The maximum atomic E-state index is 9.45. The maximum absolute atomic E-state index is 9.45. The van der Waals surface area contributed by atoms with Gasteiger partial charge in [0.05, 0.1) is 0 Å². The third-order valence-corrected chi connectivity index (χ3v) is 2.99. The molecule has 0 saturated carbocycles. The van der Waals surface area contributed by atoms with Crippen LogP contribution in [0, 0.1) is 11.3 Å². The average Bonchev–Trinajstić information content (AvgIpc) is 2.12. The summed E-state index contributed by atoms with van der Waals surface area (Å²) < 4.78 is 0. The molecule has 1 unspecified atom stereocenters. The highest BCUT2D eigenvalue weighted by atomic mass is 16.3. The van der Waals surface area contributed by atoms with E-state index in [-0.39, 0.29) is 5.41 Å². The molecular formula is C12H26O. The van der Waals surface area contributed by atoms with Crippen LogP contribution in [0.15, 0.2) is 0 Å². The lowest BCUT2D eigenvalue weighted by molar-refractivity contribution is 0.0842. The van der Waals surface area contributed by atoms with Gasteiger partial charge in [0, 0.05) is 6.61 Å². The molecule has 1 atom stereocenters. The van der Waals surface area contributed by atoms with Crippen molar-refractivity contribution in [3.63, 3.8) is 0 Å². The summed E-state index contributed by atoms with van der Waals surface area (Å²) in [5.41, 5.74) is 0.212. The second-order valence-electron chi connectivity index (χ2n) is 4.71.